The van der Waals surface area contributed by atoms with Gasteiger partial charge in [0.2, 0.25) is 5.91 Å². The van der Waals surface area contributed by atoms with E-state index in [-0.39, 0.29) is 17.2 Å². The smallest absolute Gasteiger partial charge is 0.223 e. The Hall–Kier alpha value is -1.62. The Morgan fingerprint density at radius 1 is 1.60 bits per heavy atom. The maximum atomic E-state index is 11.6. The molecule has 1 aliphatic rings. The van der Waals surface area contributed by atoms with Gasteiger partial charge >= 0.3 is 0 Å². The molecule has 0 spiro atoms. The first-order valence-electron chi connectivity index (χ1n) is 6.88. The molecule has 20 heavy (non-hydrogen) atoms. The summed E-state index contributed by atoms with van der Waals surface area (Å²) < 4.78 is 2.06. The summed E-state index contributed by atoms with van der Waals surface area (Å²) in [6, 6.07) is 1.92. The number of hydrogen-bond acceptors (Lipinski definition) is 3. The summed E-state index contributed by atoms with van der Waals surface area (Å²) >= 11 is 6.19. The number of halogens is 1. The lowest BCUT2D eigenvalue weighted by molar-refractivity contribution is -0.122. The van der Waals surface area contributed by atoms with E-state index in [1.807, 2.05) is 13.0 Å². The summed E-state index contributed by atoms with van der Waals surface area (Å²) in [4.78, 5) is 20.2. The van der Waals surface area contributed by atoms with E-state index < -0.39 is 0 Å². The average molecular weight is 293 g/mol. The van der Waals surface area contributed by atoms with Crippen molar-refractivity contribution in [3.63, 3.8) is 0 Å². The molecule has 6 heteroatoms. The van der Waals surface area contributed by atoms with Crippen molar-refractivity contribution in [3.8, 4) is 0 Å². The predicted molar refractivity (Wildman–Crippen MR) is 77.5 cm³/mol. The van der Waals surface area contributed by atoms with E-state index in [2.05, 4.69) is 19.9 Å². The third-order valence-corrected chi connectivity index (χ3v) is 3.71. The standard InChI is InChI=1S/C14H17ClN4O/c1-9(15)13-18-11-8-16-5-4-12(11)19(13)7-6-17-14(20)10-2-3-10/h4-5,8-10H,2-3,6-7H2,1H3,(H,17,20). The molecule has 0 aliphatic heterocycles. The van der Waals surface area contributed by atoms with Gasteiger partial charge in [-0.2, -0.15) is 0 Å². The van der Waals surface area contributed by atoms with E-state index in [1.165, 1.54) is 0 Å². The van der Waals surface area contributed by atoms with Gasteiger partial charge in [0.1, 0.15) is 11.3 Å². The van der Waals surface area contributed by atoms with Crippen molar-refractivity contribution in [2.24, 2.45) is 5.92 Å². The van der Waals surface area contributed by atoms with Crippen LogP contribution in [-0.2, 0) is 11.3 Å². The van der Waals surface area contributed by atoms with Crippen LogP contribution in [0.4, 0.5) is 0 Å². The minimum absolute atomic E-state index is 0.163. The van der Waals surface area contributed by atoms with Gasteiger partial charge < -0.3 is 9.88 Å². The molecule has 1 saturated carbocycles. The van der Waals surface area contributed by atoms with Crippen LogP contribution in [-0.4, -0.2) is 27.0 Å². The van der Waals surface area contributed by atoms with E-state index in [4.69, 9.17) is 11.6 Å². The molecule has 0 aromatic carbocycles. The summed E-state index contributed by atoms with van der Waals surface area (Å²) in [6.07, 6.45) is 5.52. The van der Waals surface area contributed by atoms with Gasteiger partial charge in [-0.3, -0.25) is 9.78 Å². The minimum Gasteiger partial charge on any atom is -0.354 e. The maximum absolute atomic E-state index is 11.6. The molecule has 0 bridgehead atoms. The molecule has 0 radical (unpaired) electrons. The molecule has 5 nitrogen and oxygen atoms in total. The summed E-state index contributed by atoms with van der Waals surface area (Å²) in [5.41, 5.74) is 1.84. The Balaban J connectivity index is 1.77. The second kappa shape index (κ2) is 5.40. The predicted octanol–water partition coefficient (Wildman–Crippen LogP) is 2.26. The highest BCUT2D eigenvalue weighted by Gasteiger charge is 2.29. The minimum atomic E-state index is -0.179. The van der Waals surface area contributed by atoms with Gasteiger partial charge in [-0.1, -0.05) is 0 Å². The number of fused-ring (bicyclic) bond motifs is 1. The number of carbonyl (C=O) groups excluding carboxylic acids is 1. The van der Waals surface area contributed by atoms with Crippen LogP contribution < -0.4 is 5.32 Å². The van der Waals surface area contributed by atoms with Crippen molar-refractivity contribution in [2.75, 3.05) is 6.54 Å². The van der Waals surface area contributed by atoms with Crippen LogP contribution >= 0.6 is 11.6 Å². The van der Waals surface area contributed by atoms with Crippen LogP contribution in [0.25, 0.3) is 11.0 Å². The molecular formula is C14H17ClN4O. The highest BCUT2D eigenvalue weighted by Crippen LogP contribution is 2.28. The number of nitrogens with zero attached hydrogens (tertiary/aromatic N) is 3. The number of aromatic nitrogens is 3. The molecule has 2 heterocycles. The second-order valence-electron chi connectivity index (χ2n) is 5.17. The first kappa shape index (κ1) is 13.4. The SMILES string of the molecule is CC(Cl)c1nc2cnccc2n1CCNC(=O)C1CC1. The van der Waals surface area contributed by atoms with E-state index in [0.29, 0.717) is 13.1 Å². The highest BCUT2D eigenvalue weighted by molar-refractivity contribution is 6.20. The molecule has 3 rings (SSSR count). The lowest BCUT2D eigenvalue weighted by Gasteiger charge is -2.11. The molecule has 1 N–H and O–H groups in total. The Morgan fingerprint density at radius 3 is 3.10 bits per heavy atom. The van der Waals surface area contributed by atoms with Crippen LogP contribution in [0.5, 0.6) is 0 Å². The molecule has 1 amide bonds. The zero-order valence-electron chi connectivity index (χ0n) is 11.3. The normalized spacial score (nSPS) is 16.3. The van der Waals surface area contributed by atoms with E-state index in [0.717, 1.165) is 29.7 Å². The fourth-order valence-electron chi connectivity index (χ4n) is 2.32. The third kappa shape index (κ3) is 2.63. The number of nitrogens with one attached hydrogen (secondary N) is 1. The largest absolute Gasteiger partial charge is 0.354 e. The first-order valence-corrected chi connectivity index (χ1v) is 7.32. The van der Waals surface area contributed by atoms with Crippen molar-refractivity contribution >= 4 is 28.5 Å². The number of carbonyl (C=O) groups is 1. The van der Waals surface area contributed by atoms with Crippen molar-refractivity contribution in [1.82, 2.24) is 19.9 Å². The average Bonchev–Trinajstić information content (AvgIpc) is 3.21. The van der Waals surface area contributed by atoms with Gasteiger partial charge in [-0.05, 0) is 25.8 Å². The molecule has 0 saturated heterocycles. The molecule has 1 unspecified atom stereocenters. The zero-order valence-corrected chi connectivity index (χ0v) is 12.1. The summed E-state index contributed by atoms with van der Waals surface area (Å²) in [7, 11) is 0. The molecular weight excluding hydrogens is 276 g/mol. The highest BCUT2D eigenvalue weighted by atomic mass is 35.5. The monoisotopic (exact) mass is 292 g/mol. The summed E-state index contributed by atoms with van der Waals surface area (Å²) in [6.45, 7) is 3.17. The van der Waals surface area contributed by atoms with Gasteiger partial charge in [0.05, 0.1) is 17.1 Å². The van der Waals surface area contributed by atoms with Crippen LogP contribution in [0.2, 0.25) is 0 Å². The van der Waals surface area contributed by atoms with E-state index in [1.54, 1.807) is 12.4 Å². The van der Waals surface area contributed by atoms with Crippen LogP contribution in [0.15, 0.2) is 18.5 Å². The Morgan fingerprint density at radius 2 is 2.40 bits per heavy atom. The summed E-state index contributed by atoms with van der Waals surface area (Å²) in [5.74, 6) is 1.22. The van der Waals surface area contributed by atoms with Crippen molar-refractivity contribution < 1.29 is 4.79 Å². The maximum Gasteiger partial charge on any atom is 0.223 e. The lowest BCUT2D eigenvalue weighted by Crippen LogP contribution is -2.28. The van der Waals surface area contributed by atoms with Gasteiger partial charge in [0, 0.05) is 25.2 Å². The van der Waals surface area contributed by atoms with Crippen molar-refractivity contribution in [1.29, 1.82) is 0 Å². The van der Waals surface area contributed by atoms with Gasteiger partial charge in [-0.25, -0.2) is 4.98 Å². The Bertz CT molecular complexity index is 633. The van der Waals surface area contributed by atoms with E-state index >= 15 is 0 Å². The van der Waals surface area contributed by atoms with Gasteiger partial charge in [0.15, 0.2) is 0 Å². The van der Waals surface area contributed by atoms with Gasteiger partial charge in [0.25, 0.3) is 0 Å². The topological polar surface area (TPSA) is 59.8 Å². The van der Waals surface area contributed by atoms with Crippen molar-refractivity contribution in [3.05, 3.63) is 24.3 Å². The van der Waals surface area contributed by atoms with Crippen molar-refractivity contribution in [2.45, 2.75) is 31.7 Å². The van der Waals surface area contributed by atoms with Crippen LogP contribution in [0, 0.1) is 5.92 Å². The first-order chi connectivity index (χ1) is 9.66. The second-order valence-corrected chi connectivity index (χ2v) is 5.82. The summed E-state index contributed by atoms with van der Waals surface area (Å²) in [5, 5.41) is 2.79. The fraction of sp³-hybridized carbons (Fsp3) is 0.500. The van der Waals surface area contributed by atoms with E-state index in [9.17, 15) is 4.79 Å². The lowest BCUT2D eigenvalue weighted by atomic mass is 10.3. The third-order valence-electron chi connectivity index (χ3n) is 3.52. The number of rotatable bonds is 5. The molecule has 2 aromatic rings. The molecule has 1 aliphatic carbocycles. The number of imidazole rings is 1. The molecule has 1 atom stereocenters. The van der Waals surface area contributed by atoms with Crippen LogP contribution in [0.3, 0.4) is 0 Å². The number of alkyl halides is 1. The molecule has 1 fully saturated rings. The number of hydrogen-bond donors (Lipinski definition) is 1. The zero-order chi connectivity index (χ0) is 14.1. The number of pyridine rings is 1. The fourth-order valence-corrected chi connectivity index (χ4v) is 2.49. The number of amides is 1. The van der Waals surface area contributed by atoms with Crippen LogP contribution in [0.1, 0.15) is 31.0 Å². The van der Waals surface area contributed by atoms with Gasteiger partial charge in [-0.15, -0.1) is 11.6 Å². The Labute approximate surface area is 122 Å². The Kier molecular flexibility index (Phi) is 3.61. The quantitative estimate of drug-likeness (QED) is 0.860. The molecule has 2 aromatic heterocycles. The molecule has 106 valence electrons.